The monoisotopic (exact) mass is 533 g/mol. The Bertz CT molecular complexity index is 1190. The molecule has 0 saturated carbocycles. The lowest BCUT2D eigenvalue weighted by atomic mass is 9.84. The van der Waals surface area contributed by atoms with Crippen molar-refractivity contribution < 1.29 is 50.2 Å². The highest BCUT2D eigenvalue weighted by Gasteiger charge is 2.55. The van der Waals surface area contributed by atoms with Crippen LogP contribution in [-0.4, -0.2) is 40.6 Å². The minimum atomic E-state index is -5.03. The maximum absolute atomic E-state index is 13.8. The van der Waals surface area contributed by atoms with Crippen molar-refractivity contribution in [1.82, 2.24) is 4.90 Å². The second-order valence-corrected chi connectivity index (χ2v) is 9.37. The van der Waals surface area contributed by atoms with Gasteiger partial charge in [0, 0.05) is 18.5 Å². The van der Waals surface area contributed by atoms with Gasteiger partial charge in [0.05, 0.1) is 23.3 Å². The van der Waals surface area contributed by atoms with E-state index in [1.54, 1.807) is 6.92 Å². The predicted molar refractivity (Wildman–Crippen MR) is 115 cm³/mol. The minimum Gasteiger partial charge on any atom is -0.481 e. The van der Waals surface area contributed by atoms with Gasteiger partial charge in [0.15, 0.2) is 0 Å². The van der Waals surface area contributed by atoms with Crippen molar-refractivity contribution in [3.63, 3.8) is 0 Å². The SMILES string of the molecule is Cc1cc(F)ccc1[C@@H]1[C@@H](O[C@H](C)c2cc(C(F)(F)F)cc(C(F)(F)F)c2)CN2C(=O)C(C(=O)O)C[C@@H]12. The molecule has 200 valence electrons. The van der Waals surface area contributed by atoms with Gasteiger partial charge in [-0.1, -0.05) is 6.07 Å². The lowest BCUT2D eigenvalue weighted by Crippen LogP contribution is -2.33. The van der Waals surface area contributed by atoms with E-state index >= 15 is 0 Å². The number of benzene rings is 2. The third-order valence-corrected chi connectivity index (χ3v) is 7.00. The Morgan fingerprint density at radius 3 is 2.16 bits per heavy atom. The van der Waals surface area contributed by atoms with Crippen molar-refractivity contribution in [2.24, 2.45) is 5.92 Å². The molecule has 0 radical (unpaired) electrons. The molecule has 2 aliphatic heterocycles. The molecule has 37 heavy (non-hydrogen) atoms. The Morgan fingerprint density at radius 1 is 1.05 bits per heavy atom. The van der Waals surface area contributed by atoms with Gasteiger partial charge in [-0.2, -0.15) is 26.3 Å². The van der Waals surface area contributed by atoms with Gasteiger partial charge in [0.2, 0.25) is 5.91 Å². The number of hydrogen-bond acceptors (Lipinski definition) is 3. The molecule has 5 nitrogen and oxygen atoms in total. The average Bonchev–Trinajstić information content (AvgIpc) is 3.28. The number of rotatable bonds is 5. The molecule has 2 aliphatic rings. The van der Waals surface area contributed by atoms with Crippen LogP contribution in [0.4, 0.5) is 30.7 Å². The topological polar surface area (TPSA) is 66.8 Å². The van der Waals surface area contributed by atoms with Gasteiger partial charge in [-0.05, 0) is 67.3 Å². The molecule has 2 saturated heterocycles. The van der Waals surface area contributed by atoms with Gasteiger partial charge in [0.1, 0.15) is 11.7 Å². The van der Waals surface area contributed by atoms with Crippen LogP contribution in [0.3, 0.4) is 0 Å². The van der Waals surface area contributed by atoms with Crippen LogP contribution in [0.1, 0.15) is 53.2 Å². The molecule has 4 rings (SSSR count). The number of carboxylic acids is 1. The average molecular weight is 533 g/mol. The van der Waals surface area contributed by atoms with E-state index in [4.69, 9.17) is 4.74 Å². The summed E-state index contributed by atoms with van der Waals surface area (Å²) in [7, 11) is 0. The van der Waals surface area contributed by atoms with Gasteiger partial charge < -0.3 is 14.7 Å². The quantitative estimate of drug-likeness (QED) is 0.395. The molecular formula is C25H22F7NO4. The molecule has 2 aromatic rings. The minimum absolute atomic E-state index is 0.0251. The number of halogens is 7. The number of aliphatic carboxylic acids is 1. The van der Waals surface area contributed by atoms with E-state index in [-0.39, 0.29) is 24.6 Å². The lowest BCUT2D eigenvalue weighted by Gasteiger charge is -2.28. The number of ether oxygens (including phenoxy) is 1. The molecule has 2 fully saturated rings. The summed E-state index contributed by atoms with van der Waals surface area (Å²) in [5.74, 6) is -4.45. The van der Waals surface area contributed by atoms with Crippen LogP contribution in [-0.2, 0) is 26.7 Å². The zero-order valence-corrected chi connectivity index (χ0v) is 19.5. The number of hydrogen-bond donors (Lipinski definition) is 1. The summed E-state index contributed by atoms with van der Waals surface area (Å²) >= 11 is 0. The van der Waals surface area contributed by atoms with E-state index in [9.17, 15) is 45.4 Å². The van der Waals surface area contributed by atoms with E-state index in [1.807, 2.05) is 0 Å². The van der Waals surface area contributed by atoms with Crippen LogP contribution in [0.5, 0.6) is 0 Å². The second kappa shape index (κ2) is 9.30. The predicted octanol–water partition coefficient (Wildman–Crippen LogP) is 5.72. The Morgan fingerprint density at radius 2 is 1.65 bits per heavy atom. The van der Waals surface area contributed by atoms with Crippen molar-refractivity contribution in [2.75, 3.05) is 6.54 Å². The molecule has 0 spiro atoms. The fraction of sp³-hybridized carbons (Fsp3) is 0.440. The van der Waals surface area contributed by atoms with Crippen molar-refractivity contribution in [1.29, 1.82) is 0 Å². The molecule has 2 heterocycles. The summed E-state index contributed by atoms with van der Waals surface area (Å²) < 4.78 is 99.8. The van der Waals surface area contributed by atoms with Gasteiger partial charge in [-0.3, -0.25) is 9.59 Å². The highest BCUT2D eigenvalue weighted by Crippen LogP contribution is 2.46. The number of aryl methyl sites for hydroxylation is 1. The summed E-state index contributed by atoms with van der Waals surface area (Å²) in [5, 5.41) is 9.42. The molecule has 0 aliphatic carbocycles. The Balaban J connectivity index is 1.71. The molecule has 1 amide bonds. The molecule has 1 unspecified atom stereocenters. The van der Waals surface area contributed by atoms with Crippen LogP contribution in [0.2, 0.25) is 0 Å². The largest absolute Gasteiger partial charge is 0.481 e. The van der Waals surface area contributed by atoms with Gasteiger partial charge in [-0.25, -0.2) is 4.39 Å². The van der Waals surface area contributed by atoms with Gasteiger partial charge in [-0.15, -0.1) is 0 Å². The van der Waals surface area contributed by atoms with E-state index in [0.717, 1.165) is 0 Å². The normalized spacial score (nSPS) is 24.9. The van der Waals surface area contributed by atoms with Gasteiger partial charge in [0.25, 0.3) is 0 Å². The van der Waals surface area contributed by atoms with Crippen LogP contribution < -0.4 is 0 Å². The summed E-state index contributed by atoms with van der Waals surface area (Å²) in [6.07, 6.45) is -12.3. The van der Waals surface area contributed by atoms with Crippen LogP contribution in [0.15, 0.2) is 36.4 Å². The Labute approximate surface area is 206 Å². The molecular weight excluding hydrogens is 511 g/mol. The summed E-state index contributed by atoms with van der Waals surface area (Å²) in [6, 6.07) is 4.43. The fourth-order valence-electron chi connectivity index (χ4n) is 5.26. The first kappa shape index (κ1) is 26.9. The zero-order valence-electron chi connectivity index (χ0n) is 19.5. The number of nitrogens with zero attached hydrogens (tertiary/aromatic N) is 1. The fourth-order valence-corrected chi connectivity index (χ4v) is 5.26. The first-order valence-corrected chi connectivity index (χ1v) is 11.3. The molecule has 2 aromatic carbocycles. The first-order chi connectivity index (χ1) is 17.1. The highest BCUT2D eigenvalue weighted by molar-refractivity contribution is 5.99. The molecule has 5 atom stereocenters. The van der Waals surface area contributed by atoms with E-state index in [0.29, 0.717) is 23.3 Å². The standard InChI is InChI=1S/C25H22F7NO4/c1-11-5-16(26)3-4-17(11)21-19-9-18(23(35)36)22(34)33(19)10-20(21)37-12(2)13-6-14(24(27,28)29)8-15(7-13)25(30,31)32/h3-8,12,18-21H,9-10H2,1-2H3,(H,35,36)/t12-,18?,19+,20+,21+/m1/s1. The Kier molecular flexibility index (Phi) is 6.76. The summed E-state index contributed by atoms with van der Waals surface area (Å²) in [5.41, 5.74) is -2.29. The van der Waals surface area contributed by atoms with Crippen LogP contribution in [0, 0.1) is 18.7 Å². The molecule has 0 aromatic heterocycles. The number of alkyl halides is 6. The number of carboxylic acid groups (broad SMARTS) is 1. The van der Waals surface area contributed by atoms with Crippen LogP contribution >= 0.6 is 0 Å². The molecule has 0 bridgehead atoms. The number of amides is 1. The van der Waals surface area contributed by atoms with Crippen LogP contribution in [0.25, 0.3) is 0 Å². The highest BCUT2D eigenvalue weighted by atomic mass is 19.4. The summed E-state index contributed by atoms with van der Waals surface area (Å²) in [4.78, 5) is 25.6. The molecule has 1 N–H and O–H groups in total. The maximum Gasteiger partial charge on any atom is 0.416 e. The van der Waals surface area contributed by atoms with Crippen molar-refractivity contribution in [3.8, 4) is 0 Å². The van der Waals surface area contributed by atoms with Gasteiger partial charge >= 0.3 is 18.3 Å². The van der Waals surface area contributed by atoms with Crippen molar-refractivity contribution in [2.45, 2.75) is 56.8 Å². The third kappa shape index (κ3) is 5.16. The van der Waals surface area contributed by atoms with E-state index in [1.165, 1.54) is 30.0 Å². The zero-order chi connectivity index (χ0) is 27.4. The van der Waals surface area contributed by atoms with E-state index in [2.05, 4.69) is 0 Å². The third-order valence-electron chi connectivity index (χ3n) is 7.00. The molecule has 12 heteroatoms. The Hall–Kier alpha value is -3.15. The smallest absolute Gasteiger partial charge is 0.416 e. The first-order valence-electron chi connectivity index (χ1n) is 11.3. The maximum atomic E-state index is 13.8. The summed E-state index contributed by atoms with van der Waals surface area (Å²) in [6.45, 7) is 2.79. The lowest BCUT2D eigenvalue weighted by molar-refractivity contribution is -0.148. The number of carbonyl (C=O) groups excluding carboxylic acids is 1. The number of carbonyl (C=O) groups is 2. The number of fused-ring (bicyclic) bond motifs is 1. The van der Waals surface area contributed by atoms with Crippen molar-refractivity contribution >= 4 is 11.9 Å². The van der Waals surface area contributed by atoms with E-state index < -0.39 is 71.3 Å². The second-order valence-electron chi connectivity index (χ2n) is 9.37. The van der Waals surface area contributed by atoms with Crippen molar-refractivity contribution in [3.05, 3.63) is 70.0 Å².